The fourth-order valence-electron chi connectivity index (χ4n) is 3.27. The van der Waals surface area contributed by atoms with E-state index in [2.05, 4.69) is 12.2 Å². The lowest BCUT2D eigenvalue weighted by atomic mass is 9.59. The van der Waals surface area contributed by atoms with E-state index in [0.717, 1.165) is 18.3 Å². The molecule has 0 amide bonds. The van der Waals surface area contributed by atoms with Gasteiger partial charge in [0.05, 0.1) is 0 Å². The van der Waals surface area contributed by atoms with Crippen LogP contribution in [0, 0.1) is 23.7 Å². The minimum absolute atomic E-state index is 0.457. The highest BCUT2D eigenvalue weighted by atomic mass is 16.1. The van der Waals surface area contributed by atoms with Crippen LogP contribution in [0.15, 0.2) is 12.2 Å². The smallest absolute Gasteiger partial charge is 0.136 e. The number of fused-ring (bicyclic) bond motifs is 4. The Morgan fingerprint density at radius 2 is 2.27 bits per heavy atom. The van der Waals surface area contributed by atoms with Crippen LogP contribution < -0.4 is 0 Å². The molecule has 0 N–H and O–H groups in total. The minimum Gasteiger partial charge on any atom is -0.299 e. The van der Waals surface area contributed by atoms with Gasteiger partial charge in [0, 0.05) is 12.3 Å². The summed E-state index contributed by atoms with van der Waals surface area (Å²) in [6, 6.07) is 0. The Hall–Kier alpha value is -0.590. The minimum atomic E-state index is 0.457. The Morgan fingerprint density at radius 1 is 1.36 bits per heavy atom. The molecule has 0 spiro atoms. The molecule has 58 valence electrons. The van der Waals surface area contributed by atoms with E-state index in [-0.39, 0.29) is 0 Å². The zero-order valence-corrected chi connectivity index (χ0v) is 6.49. The van der Waals surface area contributed by atoms with Gasteiger partial charge >= 0.3 is 0 Å². The average molecular weight is 148 g/mol. The maximum Gasteiger partial charge on any atom is 0.136 e. The Labute approximate surface area is 66.5 Å². The molecular formula is C10H12O. The summed E-state index contributed by atoms with van der Waals surface area (Å²) in [5, 5.41) is 0. The predicted molar refractivity (Wildman–Crippen MR) is 42.0 cm³/mol. The third-order valence-electron chi connectivity index (χ3n) is 3.78. The van der Waals surface area contributed by atoms with Gasteiger partial charge in [0.15, 0.2) is 0 Å². The molecule has 3 aliphatic carbocycles. The van der Waals surface area contributed by atoms with Gasteiger partial charge in [-0.25, -0.2) is 0 Å². The summed E-state index contributed by atoms with van der Waals surface area (Å²) in [6.07, 6.45) is 7.84. The van der Waals surface area contributed by atoms with Crippen LogP contribution in [0.2, 0.25) is 0 Å². The monoisotopic (exact) mass is 148 g/mol. The molecule has 0 aliphatic heterocycles. The lowest BCUT2D eigenvalue weighted by Gasteiger charge is -2.43. The summed E-state index contributed by atoms with van der Waals surface area (Å²) >= 11 is 0. The lowest BCUT2D eigenvalue weighted by molar-refractivity contribution is -0.127. The summed E-state index contributed by atoms with van der Waals surface area (Å²) in [5.41, 5.74) is 0. The molecule has 0 bridgehead atoms. The highest BCUT2D eigenvalue weighted by molar-refractivity contribution is 5.85. The van der Waals surface area contributed by atoms with Crippen LogP contribution in [0.5, 0.6) is 0 Å². The van der Waals surface area contributed by atoms with Crippen molar-refractivity contribution in [2.45, 2.75) is 19.3 Å². The van der Waals surface area contributed by atoms with Crippen LogP contribution in [-0.4, -0.2) is 5.78 Å². The Kier molecular flexibility index (Phi) is 0.961. The SMILES string of the molecule is O=C1CCC2C3CC=CC3C12. The number of allylic oxidation sites excluding steroid dienone is 2. The van der Waals surface area contributed by atoms with E-state index >= 15 is 0 Å². The van der Waals surface area contributed by atoms with Gasteiger partial charge in [-0.1, -0.05) is 12.2 Å². The number of rotatable bonds is 0. The lowest BCUT2D eigenvalue weighted by Crippen LogP contribution is -2.43. The first-order valence-electron chi connectivity index (χ1n) is 4.57. The summed E-state index contributed by atoms with van der Waals surface area (Å²) in [5.74, 6) is 3.31. The number of hydrogen-bond acceptors (Lipinski definition) is 1. The van der Waals surface area contributed by atoms with E-state index in [4.69, 9.17) is 0 Å². The van der Waals surface area contributed by atoms with Crippen molar-refractivity contribution < 1.29 is 4.79 Å². The van der Waals surface area contributed by atoms with Crippen molar-refractivity contribution in [2.24, 2.45) is 23.7 Å². The molecule has 4 unspecified atom stereocenters. The number of hydrogen-bond donors (Lipinski definition) is 0. The molecule has 1 nitrogen and oxygen atoms in total. The van der Waals surface area contributed by atoms with E-state index in [1.165, 1.54) is 12.8 Å². The van der Waals surface area contributed by atoms with E-state index in [1.54, 1.807) is 0 Å². The van der Waals surface area contributed by atoms with Gasteiger partial charge in [-0.2, -0.15) is 0 Å². The van der Waals surface area contributed by atoms with Crippen LogP contribution in [0.3, 0.4) is 0 Å². The predicted octanol–water partition coefficient (Wildman–Crippen LogP) is 1.79. The second kappa shape index (κ2) is 1.77. The number of Topliss-reactive ketones (excluding diaryl/α,β-unsaturated/α-hetero) is 1. The largest absolute Gasteiger partial charge is 0.299 e. The molecule has 0 aromatic rings. The second-order valence-electron chi connectivity index (χ2n) is 4.10. The molecule has 0 aromatic heterocycles. The fourth-order valence-corrected chi connectivity index (χ4v) is 3.27. The van der Waals surface area contributed by atoms with Crippen molar-refractivity contribution >= 4 is 5.78 Å². The molecule has 2 fully saturated rings. The zero-order chi connectivity index (χ0) is 7.42. The maximum absolute atomic E-state index is 11.3. The molecule has 3 rings (SSSR count). The third kappa shape index (κ3) is 0.559. The molecule has 0 heterocycles. The van der Waals surface area contributed by atoms with Crippen LogP contribution >= 0.6 is 0 Å². The van der Waals surface area contributed by atoms with Gasteiger partial charge in [-0.15, -0.1) is 0 Å². The third-order valence-corrected chi connectivity index (χ3v) is 3.78. The summed E-state index contributed by atoms with van der Waals surface area (Å²) in [6.45, 7) is 0. The van der Waals surface area contributed by atoms with Crippen molar-refractivity contribution in [1.29, 1.82) is 0 Å². The summed E-state index contributed by atoms with van der Waals surface area (Å²) < 4.78 is 0. The van der Waals surface area contributed by atoms with E-state index in [9.17, 15) is 4.79 Å². The van der Waals surface area contributed by atoms with Gasteiger partial charge in [0.2, 0.25) is 0 Å². The Bertz CT molecular complexity index is 241. The second-order valence-corrected chi connectivity index (χ2v) is 4.10. The molecule has 1 heteroatoms. The van der Waals surface area contributed by atoms with Crippen molar-refractivity contribution in [2.75, 3.05) is 0 Å². The van der Waals surface area contributed by atoms with E-state index < -0.39 is 0 Å². The first-order chi connectivity index (χ1) is 5.38. The average Bonchev–Trinajstić information content (AvgIpc) is 2.43. The first kappa shape index (κ1) is 5.99. The molecule has 0 saturated heterocycles. The van der Waals surface area contributed by atoms with Gasteiger partial charge < -0.3 is 0 Å². The Morgan fingerprint density at radius 3 is 3.18 bits per heavy atom. The quantitative estimate of drug-likeness (QED) is 0.479. The molecule has 4 atom stereocenters. The van der Waals surface area contributed by atoms with Crippen molar-refractivity contribution in [3.63, 3.8) is 0 Å². The Balaban J connectivity index is 1.93. The highest BCUT2D eigenvalue weighted by Crippen LogP contribution is 2.57. The number of carbonyl (C=O) groups is 1. The first-order valence-corrected chi connectivity index (χ1v) is 4.57. The number of carbonyl (C=O) groups excluding carboxylic acids is 1. The summed E-state index contributed by atoms with van der Waals surface area (Å²) in [4.78, 5) is 11.3. The van der Waals surface area contributed by atoms with Crippen LogP contribution in [-0.2, 0) is 4.79 Å². The zero-order valence-electron chi connectivity index (χ0n) is 6.49. The van der Waals surface area contributed by atoms with Crippen LogP contribution in [0.1, 0.15) is 19.3 Å². The fraction of sp³-hybridized carbons (Fsp3) is 0.700. The normalized spacial score (nSPS) is 52.2. The molecule has 0 radical (unpaired) electrons. The molecular weight excluding hydrogens is 136 g/mol. The molecule has 0 aromatic carbocycles. The molecule has 3 aliphatic rings. The van der Waals surface area contributed by atoms with Gasteiger partial charge in [-0.3, -0.25) is 4.79 Å². The topological polar surface area (TPSA) is 17.1 Å². The molecule has 11 heavy (non-hydrogen) atoms. The van der Waals surface area contributed by atoms with Gasteiger partial charge in [-0.05, 0) is 30.6 Å². The summed E-state index contributed by atoms with van der Waals surface area (Å²) in [7, 11) is 0. The number of ketones is 1. The molecule has 2 saturated carbocycles. The van der Waals surface area contributed by atoms with E-state index in [1.807, 2.05) is 0 Å². The van der Waals surface area contributed by atoms with Gasteiger partial charge in [0.25, 0.3) is 0 Å². The van der Waals surface area contributed by atoms with Crippen molar-refractivity contribution in [3.8, 4) is 0 Å². The highest BCUT2D eigenvalue weighted by Gasteiger charge is 2.55. The van der Waals surface area contributed by atoms with E-state index in [0.29, 0.717) is 17.6 Å². The van der Waals surface area contributed by atoms with Crippen LogP contribution in [0.25, 0.3) is 0 Å². The van der Waals surface area contributed by atoms with Gasteiger partial charge in [0.1, 0.15) is 5.78 Å². The van der Waals surface area contributed by atoms with Crippen molar-refractivity contribution in [1.82, 2.24) is 0 Å². The van der Waals surface area contributed by atoms with Crippen LogP contribution in [0.4, 0.5) is 0 Å². The van der Waals surface area contributed by atoms with Crippen molar-refractivity contribution in [3.05, 3.63) is 12.2 Å². The maximum atomic E-state index is 11.3. The standard InChI is InChI=1S/C10H12O/c11-9-5-4-8-6-2-1-3-7(6)10(8)9/h1,3,6-8,10H,2,4-5H2.